The normalized spacial score (nSPS) is 17.4. The summed E-state index contributed by atoms with van der Waals surface area (Å²) in [6.07, 6.45) is 1.98. The first-order valence-electron chi connectivity index (χ1n) is 7.54. The summed E-state index contributed by atoms with van der Waals surface area (Å²) in [6, 6.07) is 5.42. The maximum Gasteiger partial charge on any atom is 0.242 e. The number of hydrogen-bond donors (Lipinski definition) is 2. The van der Waals surface area contributed by atoms with Crippen molar-refractivity contribution in [1.82, 2.24) is 10.2 Å². The minimum absolute atomic E-state index is 0.0109. The third kappa shape index (κ3) is 3.91. The van der Waals surface area contributed by atoms with E-state index < -0.39 is 0 Å². The largest absolute Gasteiger partial charge is 0.384 e. The van der Waals surface area contributed by atoms with Crippen molar-refractivity contribution < 1.29 is 9.59 Å². The monoisotopic (exact) mass is 323 g/mol. The number of carbonyl (C=O) groups excluding carboxylic acids is 2. The van der Waals surface area contributed by atoms with Gasteiger partial charge in [-0.1, -0.05) is 17.7 Å². The van der Waals surface area contributed by atoms with Crippen molar-refractivity contribution in [3.63, 3.8) is 0 Å². The molecule has 0 radical (unpaired) electrons. The van der Waals surface area contributed by atoms with E-state index in [0.717, 1.165) is 24.1 Å². The van der Waals surface area contributed by atoms with Crippen molar-refractivity contribution in [3.8, 4) is 0 Å². The Kier molecular flexibility index (Phi) is 5.66. The summed E-state index contributed by atoms with van der Waals surface area (Å²) in [4.78, 5) is 25.7. The van der Waals surface area contributed by atoms with Crippen LogP contribution in [0.2, 0.25) is 5.02 Å². The highest BCUT2D eigenvalue weighted by molar-refractivity contribution is 6.31. The zero-order chi connectivity index (χ0) is 16.1. The van der Waals surface area contributed by atoms with Crippen LogP contribution in [-0.2, 0) is 9.59 Å². The lowest BCUT2D eigenvalue weighted by Gasteiger charge is -2.23. The number of aryl methyl sites for hydroxylation is 1. The summed E-state index contributed by atoms with van der Waals surface area (Å²) in [5, 5.41) is 6.52. The van der Waals surface area contributed by atoms with Crippen LogP contribution in [0.15, 0.2) is 18.2 Å². The number of anilines is 1. The fourth-order valence-electron chi connectivity index (χ4n) is 2.66. The van der Waals surface area contributed by atoms with Crippen molar-refractivity contribution in [2.75, 3.05) is 25.5 Å². The maximum atomic E-state index is 12.3. The van der Waals surface area contributed by atoms with Crippen LogP contribution >= 0.6 is 11.6 Å². The molecule has 0 aromatic heterocycles. The first kappa shape index (κ1) is 16.6. The Labute approximate surface area is 136 Å². The van der Waals surface area contributed by atoms with Crippen LogP contribution in [0.25, 0.3) is 0 Å². The van der Waals surface area contributed by atoms with Crippen LogP contribution < -0.4 is 10.6 Å². The van der Waals surface area contributed by atoms with Gasteiger partial charge < -0.3 is 15.5 Å². The second kappa shape index (κ2) is 7.49. The smallest absolute Gasteiger partial charge is 0.242 e. The molecule has 0 saturated carbocycles. The van der Waals surface area contributed by atoms with E-state index in [1.54, 1.807) is 11.9 Å². The second-order valence-electron chi connectivity index (χ2n) is 5.50. The van der Waals surface area contributed by atoms with Gasteiger partial charge in [0, 0.05) is 37.3 Å². The number of hydrogen-bond acceptors (Lipinski definition) is 3. The molecule has 1 aliphatic rings. The van der Waals surface area contributed by atoms with Crippen molar-refractivity contribution in [2.45, 2.75) is 32.2 Å². The highest BCUT2D eigenvalue weighted by Gasteiger charge is 2.32. The average Bonchev–Trinajstić information content (AvgIpc) is 2.99. The minimum Gasteiger partial charge on any atom is -0.384 e. The summed E-state index contributed by atoms with van der Waals surface area (Å²) in [6.45, 7) is 3.13. The van der Waals surface area contributed by atoms with Gasteiger partial charge in [0.15, 0.2) is 0 Å². The van der Waals surface area contributed by atoms with E-state index in [2.05, 4.69) is 10.6 Å². The Morgan fingerprint density at radius 1 is 1.41 bits per heavy atom. The van der Waals surface area contributed by atoms with Gasteiger partial charge in [-0.2, -0.15) is 0 Å². The molecule has 2 rings (SSSR count). The summed E-state index contributed by atoms with van der Waals surface area (Å²) in [7, 11) is 1.60. The van der Waals surface area contributed by atoms with Gasteiger partial charge in [-0.15, -0.1) is 0 Å². The van der Waals surface area contributed by atoms with Gasteiger partial charge in [-0.05, 0) is 37.5 Å². The highest BCUT2D eigenvalue weighted by atomic mass is 35.5. The van der Waals surface area contributed by atoms with Gasteiger partial charge >= 0.3 is 0 Å². The van der Waals surface area contributed by atoms with E-state index in [1.807, 2.05) is 25.1 Å². The quantitative estimate of drug-likeness (QED) is 0.873. The van der Waals surface area contributed by atoms with Crippen molar-refractivity contribution in [2.24, 2.45) is 0 Å². The SMILES string of the molecule is CNC(=O)[C@@H]1CCCN1C(=O)CCNc1ccc(C)c(Cl)c1. The van der Waals surface area contributed by atoms with E-state index in [4.69, 9.17) is 11.6 Å². The molecule has 22 heavy (non-hydrogen) atoms. The Balaban J connectivity index is 1.84. The number of nitrogens with one attached hydrogen (secondary N) is 2. The molecule has 6 heteroatoms. The van der Waals surface area contributed by atoms with Crippen LogP contribution in [0.3, 0.4) is 0 Å². The molecule has 0 unspecified atom stereocenters. The van der Waals surface area contributed by atoms with E-state index in [-0.39, 0.29) is 17.9 Å². The minimum atomic E-state index is -0.314. The molecule has 1 fully saturated rings. The average molecular weight is 324 g/mol. The third-order valence-corrected chi connectivity index (χ3v) is 4.37. The molecular weight excluding hydrogens is 302 g/mol. The van der Waals surface area contributed by atoms with Crippen molar-refractivity contribution in [1.29, 1.82) is 0 Å². The number of likely N-dealkylation sites (tertiary alicyclic amines) is 1. The fraction of sp³-hybridized carbons (Fsp3) is 0.500. The Hall–Kier alpha value is -1.75. The number of rotatable bonds is 5. The van der Waals surface area contributed by atoms with Crippen molar-refractivity contribution >= 4 is 29.1 Å². The lowest BCUT2D eigenvalue weighted by atomic mass is 10.2. The molecule has 1 heterocycles. The molecule has 5 nitrogen and oxygen atoms in total. The van der Waals surface area contributed by atoms with Gasteiger partial charge in [-0.25, -0.2) is 0 Å². The first-order chi connectivity index (χ1) is 10.5. The van der Waals surface area contributed by atoms with Gasteiger partial charge in [0.2, 0.25) is 11.8 Å². The molecule has 1 aromatic carbocycles. The Morgan fingerprint density at radius 2 is 2.18 bits per heavy atom. The van der Waals surface area contributed by atoms with Gasteiger partial charge in [0.1, 0.15) is 6.04 Å². The molecule has 2 amide bonds. The lowest BCUT2D eigenvalue weighted by molar-refractivity contribution is -0.138. The Morgan fingerprint density at radius 3 is 2.86 bits per heavy atom. The van der Waals surface area contributed by atoms with Crippen LogP contribution in [0, 0.1) is 6.92 Å². The molecule has 1 aliphatic heterocycles. The van der Waals surface area contributed by atoms with Gasteiger partial charge in [0.05, 0.1) is 0 Å². The number of nitrogens with zero attached hydrogens (tertiary/aromatic N) is 1. The summed E-state index contributed by atoms with van der Waals surface area (Å²) in [5.41, 5.74) is 1.92. The summed E-state index contributed by atoms with van der Waals surface area (Å²) in [5.74, 6) is -0.0686. The number of benzene rings is 1. The molecule has 0 aliphatic carbocycles. The number of carbonyl (C=O) groups is 2. The molecule has 1 atom stereocenters. The van der Waals surface area contributed by atoms with Gasteiger partial charge in [0.25, 0.3) is 0 Å². The molecule has 120 valence electrons. The highest BCUT2D eigenvalue weighted by Crippen LogP contribution is 2.21. The number of halogens is 1. The van der Waals surface area contributed by atoms with E-state index in [0.29, 0.717) is 24.5 Å². The fourth-order valence-corrected chi connectivity index (χ4v) is 2.85. The summed E-state index contributed by atoms with van der Waals surface area (Å²) >= 11 is 6.07. The predicted molar refractivity (Wildman–Crippen MR) is 88.1 cm³/mol. The topological polar surface area (TPSA) is 61.4 Å². The molecule has 0 spiro atoms. The standard InChI is InChI=1S/C16H22ClN3O2/c1-11-5-6-12(10-13(11)17)19-8-7-15(21)20-9-3-4-14(20)16(22)18-2/h5-6,10,14,19H,3-4,7-9H2,1-2H3,(H,18,22)/t14-/m0/s1. The molecule has 1 saturated heterocycles. The van der Waals surface area contributed by atoms with Crippen molar-refractivity contribution in [3.05, 3.63) is 28.8 Å². The van der Waals surface area contributed by atoms with Crippen LogP contribution in [0.4, 0.5) is 5.69 Å². The molecular formula is C16H22ClN3O2. The number of likely N-dealkylation sites (N-methyl/N-ethyl adjacent to an activating group) is 1. The number of amides is 2. The molecule has 2 N–H and O–H groups in total. The van der Waals surface area contributed by atoms with E-state index >= 15 is 0 Å². The van der Waals surface area contributed by atoms with Crippen LogP contribution in [0.5, 0.6) is 0 Å². The summed E-state index contributed by atoms with van der Waals surface area (Å²) < 4.78 is 0. The molecule has 0 bridgehead atoms. The lowest BCUT2D eigenvalue weighted by Crippen LogP contribution is -2.45. The second-order valence-corrected chi connectivity index (χ2v) is 5.91. The third-order valence-electron chi connectivity index (χ3n) is 3.96. The predicted octanol–water partition coefficient (Wildman–Crippen LogP) is 2.19. The zero-order valence-corrected chi connectivity index (χ0v) is 13.7. The zero-order valence-electron chi connectivity index (χ0n) is 13.0. The van der Waals surface area contributed by atoms with E-state index in [1.165, 1.54) is 0 Å². The first-order valence-corrected chi connectivity index (χ1v) is 7.92. The molecule has 1 aromatic rings. The van der Waals surface area contributed by atoms with Crippen LogP contribution in [-0.4, -0.2) is 42.9 Å². The van der Waals surface area contributed by atoms with E-state index in [9.17, 15) is 9.59 Å². The maximum absolute atomic E-state index is 12.3. The van der Waals surface area contributed by atoms with Crippen LogP contribution in [0.1, 0.15) is 24.8 Å². The Bertz CT molecular complexity index is 562. The van der Waals surface area contributed by atoms with Gasteiger partial charge in [-0.3, -0.25) is 9.59 Å².